The van der Waals surface area contributed by atoms with E-state index in [4.69, 9.17) is 9.47 Å². The average Bonchev–Trinajstić information content (AvgIpc) is 3.25. The number of nitrogens with zero attached hydrogens (tertiary/aromatic N) is 1. The third kappa shape index (κ3) is 4.64. The number of hydrogen-bond acceptors (Lipinski definition) is 5. The number of amides is 2. The maximum atomic E-state index is 12.6. The highest BCUT2D eigenvalue weighted by Gasteiger charge is 2.64. The van der Waals surface area contributed by atoms with Crippen LogP contribution in [0.25, 0.3) is 0 Å². The Morgan fingerprint density at radius 2 is 1.96 bits per heavy atom. The maximum Gasteiger partial charge on any atom is 0.328 e. The number of benzene rings is 1. The van der Waals surface area contributed by atoms with Crippen molar-refractivity contribution in [1.29, 1.82) is 0 Å². The highest BCUT2D eigenvalue weighted by atomic mass is 16.5. The van der Waals surface area contributed by atoms with Crippen LogP contribution in [0.15, 0.2) is 30.3 Å². The van der Waals surface area contributed by atoms with Gasteiger partial charge in [0.1, 0.15) is 11.8 Å². The number of piperidine rings is 1. The molecule has 7 nitrogen and oxygen atoms in total. The summed E-state index contributed by atoms with van der Waals surface area (Å²) in [4.78, 5) is 38.5. The average molecular weight is 388 g/mol. The van der Waals surface area contributed by atoms with Gasteiger partial charge in [0.25, 0.3) is 0 Å². The van der Waals surface area contributed by atoms with Gasteiger partial charge in [0.05, 0.1) is 19.8 Å². The van der Waals surface area contributed by atoms with Gasteiger partial charge in [0.15, 0.2) is 0 Å². The minimum Gasteiger partial charge on any atom is -0.494 e. The van der Waals surface area contributed by atoms with E-state index >= 15 is 0 Å². The first-order valence-electron chi connectivity index (χ1n) is 9.87. The molecule has 0 bridgehead atoms. The zero-order chi connectivity index (χ0) is 20.1. The maximum absolute atomic E-state index is 12.6. The summed E-state index contributed by atoms with van der Waals surface area (Å²) in [5.41, 5.74) is 0.00583. The minimum atomic E-state index is -0.535. The third-order valence-electron chi connectivity index (χ3n) is 5.48. The SMILES string of the molecule is CCOC(=O)[C@@H]1C[C@]2(C)C[C@@H]2N1C(=O)CNC(=O)CCCOc1ccccc1. The summed E-state index contributed by atoms with van der Waals surface area (Å²) in [5, 5.41) is 2.66. The number of esters is 1. The van der Waals surface area contributed by atoms with Gasteiger partial charge >= 0.3 is 5.97 Å². The van der Waals surface area contributed by atoms with Crippen LogP contribution in [0.3, 0.4) is 0 Å². The molecule has 0 unspecified atom stereocenters. The predicted molar refractivity (Wildman–Crippen MR) is 103 cm³/mol. The van der Waals surface area contributed by atoms with Crippen molar-refractivity contribution in [2.75, 3.05) is 19.8 Å². The number of carbonyl (C=O) groups is 3. The molecule has 1 heterocycles. The van der Waals surface area contributed by atoms with E-state index in [1.807, 2.05) is 30.3 Å². The van der Waals surface area contributed by atoms with Gasteiger partial charge in [-0.1, -0.05) is 25.1 Å². The fourth-order valence-corrected chi connectivity index (χ4v) is 3.87. The van der Waals surface area contributed by atoms with E-state index in [2.05, 4.69) is 12.2 Å². The number of para-hydroxylation sites is 1. The first-order chi connectivity index (χ1) is 13.4. The number of ether oxygens (including phenoxy) is 2. The van der Waals surface area contributed by atoms with Gasteiger partial charge in [-0.25, -0.2) is 4.79 Å². The fraction of sp³-hybridized carbons (Fsp3) is 0.571. The van der Waals surface area contributed by atoms with Crippen molar-refractivity contribution in [2.24, 2.45) is 5.41 Å². The lowest BCUT2D eigenvalue weighted by Crippen LogP contribution is -2.48. The molecule has 0 spiro atoms. The van der Waals surface area contributed by atoms with Gasteiger partial charge in [-0.3, -0.25) is 9.59 Å². The summed E-state index contributed by atoms with van der Waals surface area (Å²) in [6.45, 7) is 4.47. The number of nitrogens with one attached hydrogen (secondary N) is 1. The van der Waals surface area contributed by atoms with Crippen LogP contribution in [0.4, 0.5) is 0 Å². The minimum absolute atomic E-state index is 0.00583. The van der Waals surface area contributed by atoms with Crippen molar-refractivity contribution in [3.8, 4) is 5.75 Å². The van der Waals surface area contributed by atoms with Crippen LogP contribution >= 0.6 is 0 Å². The van der Waals surface area contributed by atoms with Crippen LogP contribution in [-0.4, -0.2) is 54.5 Å². The van der Waals surface area contributed by atoms with Gasteiger partial charge in [0, 0.05) is 12.5 Å². The Morgan fingerprint density at radius 3 is 2.68 bits per heavy atom. The molecule has 152 valence electrons. The third-order valence-corrected chi connectivity index (χ3v) is 5.48. The standard InChI is InChI=1S/C21H28N2O5/c1-3-27-20(26)16-12-21(2)13-17(21)23(16)19(25)14-22-18(24)10-7-11-28-15-8-5-4-6-9-15/h4-6,8-9,16-17H,3,7,10-14H2,1-2H3,(H,22,24)/t16-,17-,21+/m0/s1. The van der Waals surface area contributed by atoms with Crippen LogP contribution in [0.1, 0.15) is 39.5 Å². The zero-order valence-corrected chi connectivity index (χ0v) is 16.5. The van der Waals surface area contributed by atoms with Gasteiger partial charge < -0.3 is 19.7 Å². The van der Waals surface area contributed by atoms with E-state index in [9.17, 15) is 14.4 Å². The van der Waals surface area contributed by atoms with Gasteiger partial charge in [-0.15, -0.1) is 0 Å². The number of carbonyl (C=O) groups excluding carboxylic acids is 3. The summed E-state index contributed by atoms with van der Waals surface area (Å²) in [6.07, 6.45) is 2.37. The summed E-state index contributed by atoms with van der Waals surface area (Å²) in [6, 6.07) is 8.95. The van der Waals surface area contributed by atoms with Gasteiger partial charge in [0.2, 0.25) is 11.8 Å². The van der Waals surface area contributed by atoms with E-state index in [-0.39, 0.29) is 42.2 Å². The summed E-state index contributed by atoms with van der Waals surface area (Å²) in [5.74, 6) is -0.00751. The molecule has 1 aromatic carbocycles. The number of hydrogen-bond donors (Lipinski definition) is 1. The second-order valence-corrected chi connectivity index (χ2v) is 7.69. The zero-order valence-electron chi connectivity index (χ0n) is 16.5. The number of rotatable bonds is 9. The Morgan fingerprint density at radius 1 is 1.21 bits per heavy atom. The Hall–Kier alpha value is -2.57. The lowest BCUT2D eigenvalue weighted by Gasteiger charge is -2.26. The molecule has 2 amide bonds. The van der Waals surface area contributed by atoms with Gasteiger partial charge in [-0.2, -0.15) is 0 Å². The van der Waals surface area contributed by atoms with E-state index in [1.54, 1.807) is 11.8 Å². The lowest BCUT2D eigenvalue weighted by atomic mass is 10.0. The molecule has 1 aliphatic carbocycles. The highest BCUT2D eigenvalue weighted by Crippen LogP contribution is 2.59. The Kier molecular flexibility index (Phi) is 6.21. The van der Waals surface area contributed by atoms with Crippen molar-refractivity contribution in [3.63, 3.8) is 0 Å². The summed E-state index contributed by atoms with van der Waals surface area (Å²) < 4.78 is 10.7. The van der Waals surface area contributed by atoms with E-state index < -0.39 is 6.04 Å². The molecule has 1 saturated heterocycles. The Bertz CT molecular complexity index is 723. The lowest BCUT2D eigenvalue weighted by molar-refractivity contribution is -0.153. The fourth-order valence-electron chi connectivity index (χ4n) is 3.87. The van der Waals surface area contributed by atoms with E-state index in [0.29, 0.717) is 26.1 Å². The molecule has 3 atom stereocenters. The molecule has 28 heavy (non-hydrogen) atoms. The Balaban J connectivity index is 1.40. The molecule has 2 fully saturated rings. The molecular weight excluding hydrogens is 360 g/mol. The van der Waals surface area contributed by atoms with Crippen molar-refractivity contribution in [1.82, 2.24) is 10.2 Å². The predicted octanol–water partition coefficient (Wildman–Crippen LogP) is 1.90. The van der Waals surface area contributed by atoms with Crippen LogP contribution in [0.2, 0.25) is 0 Å². The van der Waals surface area contributed by atoms with Crippen LogP contribution in [0.5, 0.6) is 5.75 Å². The molecule has 1 aromatic rings. The molecule has 0 aromatic heterocycles. The molecule has 2 aliphatic rings. The summed E-state index contributed by atoms with van der Waals surface area (Å²) >= 11 is 0. The molecular formula is C21H28N2O5. The van der Waals surface area contributed by atoms with Crippen molar-refractivity contribution >= 4 is 17.8 Å². The smallest absolute Gasteiger partial charge is 0.328 e. The van der Waals surface area contributed by atoms with E-state index in [0.717, 1.165) is 12.2 Å². The highest BCUT2D eigenvalue weighted by molar-refractivity contribution is 5.90. The quantitative estimate of drug-likeness (QED) is 0.516. The van der Waals surface area contributed by atoms with Crippen molar-refractivity contribution in [2.45, 2.75) is 51.6 Å². The van der Waals surface area contributed by atoms with Crippen LogP contribution in [0, 0.1) is 5.41 Å². The molecule has 1 N–H and O–H groups in total. The first-order valence-corrected chi connectivity index (χ1v) is 9.87. The molecule has 7 heteroatoms. The first kappa shape index (κ1) is 20.2. The largest absolute Gasteiger partial charge is 0.494 e. The summed E-state index contributed by atoms with van der Waals surface area (Å²) in [7, 11) is 0. The molecule has 0 radical (unpaired) electrons. The number of likely N-dealkylation sites (tertiary alicyclic amines) is 1. The molecule has 1 aliphatic heterocycles. The molecule has 3 rings (SSSR count). The molecule has 1 saturated carbocycles. The monoisotopic (exact) mass is 388 g/mol. The second kappa shape index (κ2) is 8.63. The van der Waals surface area contributed by atoms with E-state index in [1.165, 1.54) is 0 Å². The van der Waals surface area contributed by atoms with Crippen molar-refractivity contribution in [3.05, 3.63) is 30.3 Å². The second-order valence-electron chi connectivity index (χ2n) is 7.69. The number of fused-ring (bicyclic) bond motifs is 1. The Labute approximate surface area is 165 Å². The van der Waals surface area contributed by atoms with Gasteiger partial charge in [-0.05, 0) is 43.7 Å². The van der Waals surface area contributed by atoms with Crippen LogP contribution < -0.4 is 10.1 Å². The topological polar surface area (TPSA) is 84.9 Å². The van der Waals surface area contributed by atoms with Crippen molar-refractivity contribution < 1.29 is 23.9 Å². The normalized spacial score (nSPS) is 25.0. The van der Waals surface area contributed by atoms with Crippen LogP contribution in [-0.2, 0) is 19.1 Å².